The highest BCUT2D eigenvalue weighted by Gasteiger charge is 2.45. The summed E-state index contributed by atoms with van der Waals surface area (Å²) in [5, 5.41) is 3.70. The molecule has 0 radical (unpaired) electrons. The number of ether oxygens (including phenoxy) is 2. The van der Waals surface area contributed by atoms with E-state index in [9.17, 15) is 0 Å². The Morgan fingerprint density at radius 2 is 1.79 bits per heavy atom. The normalized spacial score (nSPS) is 24.8. The van der Waals surface area contributed by atoms with Gasteiger partial charge in [0.05, 0.1) is 14.2 Å². The highest BCUT2D eigenvalue weighted by Crippen LogP contribution is 2.53. The lowest BCUT2D eigenvalue weighted by atomic mass is 9.76. The second kappa shape index (κ2) is 5.04. The maximum absolute atomic E-state index is 5.43. The fourth-order valence-electron chi connectivity index (χ4n) is 3.95. The minimum absolute atomic E-state index is 0.481. The Labute approximate surface area is 115 Å². The molecule has 1 N–H and O–H groups in total. The van der Waals surface area contributed by atoms with Crippen LogP contribution in [-0.2, 0) is 0 Å². The smallest absolute Gasteiger partial charge is 0.161 e. The van der Waals surface area contributed by atoms with Gasteiger partial charge in [0.2, 0.25) is 0 Å². The van der Waals surface area contributed by atoms with E-state index in [1.165, 1.54) is 37.7 Å². The average Bonchev–Trinajstić information content (AvgIpc) is 3.09. The molecule has 1 heterocycles. The second-order valence-corrected chi connectivity index (χ2v) is 5.82. The summed E-state index contributed by atoms with van der Waals surface area (Å²) in [6, 6.07) is 6.83. The first kappa shape index (κ1) is 12.8. The molecule has 1 saturated carbocycles. The summed E-state index contributed by atoms with van der Waals surface area (Å²) in [5.41, 5.74) is 1.83. The van der Waals surface area contributed by atoms with Crippen molar-refractivity contribution in [3.8, 4) is 11.5 Å². The van der Waals surface area contributed by atoms with E-state index in [-0.39, 0.29) is 0 Å². The van der Waals surface area contributed by atoms with Crippen LogP contribution in [0.1, 0.15) is 43.7 Å². The van der Waals surface area contributed by atoms with E-state index in [1.54, 1.807) is 14.2 Å². The van der Waals surface area contributed by atoms with E-state index in [0.29, 0.717) is 11.5 Å². The zero-order valence-electron chi connectivity index (χ0n) is 11.9. The fraction of sp³-hybridized carbons (Fsp3) is 0.625. The monoisotopic (exact) mass is 261 g/mol. The quantitative estimate of drug-likeness (QED) is 0.905. The van der Waals surface area contributed by atoms with Crippen LogP contribution in [0.4, 0.5) is 0 Å². The summed E-state index contributed by atoms with van der Waals surface area (Å²) in [6.07, 6.45) is 6.79. The minimum atomic E-state index is 0.481. The van der Waals surface area contributed by atoms with Crippen LogP contribution in [0.3, 0.4) is 0 Å². The number of rotatable bonds is 3. The Hall–Kier alpha value is -1.22. The van der Waals surface area contributed by atoms with Crippen molar-refractivity contribution >= 4 is 0 Å². The summed E-state index contributed by atoms with van der Waals surface area (Å²) in [5.74, 6) is 1.64. The van der Waals surface area contributed by atoms with Crippen LogP contribution in [0.2, 0.25) is 0 Å². The molecule has 1 unspecified atom stereocenters. The van der Waals surface area contributed by atoms with Gasteiger partial charge in [0.1, 0.15) is 0 Å². The van der Waals surface area contributed by atoms with Crippen molar-refractivity contribution in [2.45, 2.75) is 38.1 Å². The predicted molar refractivity (Wildman–Crippen MR) is 75.8 cm³/mol. The molecule has 1 aliphatic carbocycles. The van der Waals surface area contributed by atoms with E-state index in [1.807, 2.05) is 6.07 Å². The highest BCUT2D eigenvalue weighted by atomic mass is 16.5. The number of hydrogen-bond donors (Lipinski definition) is 1. The van der Waals surface area contributed by atoms with Gasteiger partial charge < -0.3 is 14.8 Å². The molecule has 19 heavy (non-hydrogen) atoms. The third kappa shape index (κ3) is 2.10. The molecule has 1 spiro atoms. The summed E-state index contributed by atoms with van der Waals surface area (Å²) < 4.78 is 10.8. The molecule has 1 aromatic carbocycles. The van der Waals surface area contributed by atoms with Gasteiger partial charge in [-0.3, -0.25) is 0 Å². The van der Waals surface area contributed by atoms with Crippen molar-refractivity contribution in [2.24, 2.45) is 5.41 Å². The zero-order valence-corrected chi connectivity index (χ0v) is 11.9. The molecule has 0 amide bonds. The van der Waals surface area contributed by atoms with Crippen molar-refractivity contribution < 1.29 is 9.47 Å². The Morgan fingerprint density at radius 3 is 2.47 bits per heavy atom. The molecule has 1 atom stereocenters. The maximum atomic E-state index is 5.43. The van der Waals surface area contributed by atoms with Gasteiger partial charge in [0.25, 0.3) is 0 Å². The lowest BCUT2D eigenvalue weighted by molar-refractivity contribution is 0.258. The lowest BCUT2D eigenvalue weighted by Crippen LogP contribution is -2.26. The number of hydrogen-bond acceptors (Lipinski definition) is 3. The topological polar surface area (TPSA) is 30.5 Å². The average molecular weight is 261 g/mol. The first-order chi connectivity index (χ1) is 9.29. The van der Waals surface area contributed by atoms with Gasteiger partial charge in [0, 0.05) is 6.04 Å². The Kier molecular flexibility index (Phi) is 3.40. The zero-order chi connectivity index (χ0) is 13.3. The molecule has 3 heteroatoms. The van der Waals surface area contributed by atoms with Crippen molar-refractivity contribution in [1.29, 1.82) is 0 Å². The van der Waals surface area contributed by atoms with Gasteiger partial charge in [0.15, 0.2) is 11.5 Å². The molecule has 1 aliphatic heterocycles. The van der Waals surface area contributed by atoms with Crippen molar-refractivity contribution in [1.82, 2.24) is 5.32 Å². The van der Waals surface area contributed by atoms with Crippen LogP contribution in [0, 0.1) is 5.41 Å². The third-order valence-electron chi connectivity index (χ3n) is 4.92. The molecule has 3 rings (SSSR count). The summed E-state index contributed by atoms with van der Waals surface area (Å²) in [4.78, 5) is 0. The van der Waals surface area contributed by atoms with Gasteiger partial charge in [-0.15, -0.1) is 0 Å². The maximum Gasteiger partial charge on any atom is 0.161 e. The van der Waals surface area contributed by atoms with Gasteiger partial charge >= 0.3 is 0 Å². The molecule has 104 valence electrons. The van der Waals surface area contributed by atoms with Gasteiger partial charge in [-0.1, -0.05) is 18.9 Å². The fourth-order valence-corrected chi connectivity index (χ4v) is 3.95. The molecule has 1 saturated heterocycles. The summed E-state index contributed by atoms with van der Waals surface area (Å²) in [7, 11) is 3.39. The van der Waals surface area contributed by atoms with E-state index in [4.69, 9.17) is 9.47 Å². The van der Waals surface area contributed by atoms with Gasteiger partial charge in [-0.25, -0.2) is 0 Å². The predicted octanol–water partition coefficient (Wildman–Crippen LogP) is 3.30. The van der Waals surface area contributed by atoms with Crippen molar-refractivity contribution in [3.05, 3.63) is 23.8 Å². The molecule has 1 aromatic rings. The van der Waals surface area contributed by atoms with Gasteiger partial charge in [-0.2, -0.15) is 0 Å². The van der Waals surface area contributed by atoms with Crippen LogP contribution in [0.5, 0.6) is 11.5 Å². The standard InChI is InChI=1S/C16H23NO2/c1-18-13-6-5-12(11-14(13)19-2)15-16(9-10-17-15)7-3-4-8-16/h5-6,11,15,17H,3-4,7-10H2,1-2H3. The molecular weight excluding hydrogens is 238 g/mol. The molecule has 2 aliphatic rings. The SMILES string of the molecule is COc1ccc(C2NCCC23CCCC3)cc1OC. The van der Waals surface area contributed by atoms with E-state index in [0.717, 1.165) is 18.0 Å². The van der Waals surface area contributed by atoms with Crippen LogP contribution >= 0.6 is 0 Å². The Balaban J connectivity index is 1.93. The van der Waals surface area contributed by atoms with Crippen LogP contribution < -0.4 is 14.8 Å². The Bertz CT molecular complexity index is 447. The first-order valence-electron chi connectivity index (χ1n) is 7.24. The van der Waals surface area contributed by atoms with Crippen molar-refractivity contribution in [3.63, 3.8) is 0 Å². The van der Waals surface area contributed by atoms with E-state index >= 15 is 0 Å². The lowest BCUT2D eigenvalue weighted by Gasteiger charge is -2.31. The van der Waals surface area contributed by atoms with E-state index < -0.39 is 0 Å². The molecule has 2 fully saturated rings. The Morgan fingerprint density at radius 1 is 1.05 bits per heavy atom. The van der Waals surface area contributed by atoms with E-state index in [2.05, 4.69) is 17.4 Å². The molecule has 0 bridgehead atoms. The number of benzene rings is 1. The second-order valence-electron chi connectivity index (χ2n) is 5.82. The third-order valence-corrected chi connectivity index (χ3v) is 4.92. The summed E-state index contributed by atoms with van der Waals surface area (Å²) in [6.45, 7) is 1.14. The van der Waals surface area contributed by atoms with Crippen molar-refractivity contribution in [2.75, 3.05) is 20.8 Å². The van der Waals surface area contributed by atoms with Crippen LogP contribution in [0.15, 0.2) is 18.2 Å². The highest BCUT2D eigenvalue weighted by molar-refractivity contribution is 5.44. The van der Waals surface area contributed by atoms with Crippen LogP contribution in [-0.4, -0.2) is 20.8 Å². The minimum Gasteiger partial charge on any atom is -0.493 e. The van der Waals surface area contributed by atoms with Crippen LogP contribution in [0.25, 0.3) is 0 Å². The summed E-state index contributed by atoms with van der Waals surface area (Å²) >= 11 is 0. The van der Waals surface area contributed by atoms with Gasteiger partial charge in [-0.05, 0) is 48.9 Å². The molecule has 3 nitrogen and oxygen atoms in total. The largest absolute Gasteiger partial charge is 0.493 e. The molecule has 0 aromatic heterocycles. The number of nitrogens with one attached hydrogen (secondary N) is 1. The first-order valence-corrected chi connectivity index (χ1v) is 7.24. The molecular formula is C16H23NO2. The number of methoxy groups -OCH3 is 2.